The van der Waals surface area contributed by atoms with Gasteiger partial charge in [-0.15, -0.1) is 0 Å². The van der Waals surface area contributed by atoms with Crippen LogP contribution in [0.3, 0.4) is 0 Å². The van der Waals surface area contributed by atoms with Gasteiger partial charge in [-0.2, -0.15) is 0 Å². The van der Waals surface area contributed by atoms with Crippen molar-refractivity contribution in [1.82, 2.24) is 0 Å². The Hall–Kier alpha value is -1.94. The zero-order chi connectivity index (χ0) is 63.5. The molecule has 0 bridgehead atoms. The van der Waals surface area contributed by atoms with Crippen molar-refractivity contribution in [3.8, 4) is 0 Å². The van der Waals surface area contributed by atoms with Crippen LogP contribution in [0.25, 0.3) is 0 Å². The fraction of sp³-hybridized carbons (Fsp3) is 0.940. The second-order valence-electron chi connectivity index (χ2n) is 24.7. The molecule has 0 aromatic rings. The van der Waals surface area contributed by atoms with Gasteiger partial charge in [0.1, 0.15) is 19.3 Å². The third-order valence-electron chi connectivity index (χ3n) is 15.5. The van der Waals surface area contributed by atoms with E-state index >= 15 is 0 Å². The molecule has 0 saturated heterocycles. The summed E-state index contributed by atoms with van der Waals surface area (Å²) in [6.07, 6.45) is 46.0. The quantitative estimate of drug-likeness (QED) is 0.0222. The molecule has 0 amide bonds. The SMILES string of the molecule is CCCCCCCCCCCCCCCCCCC(=O)O[C@H](COC(=O)CCCCCCCCCCCCCCC)COP(=O)(O)OC[C@@H](O)COP(=O)(O)OC[C@@H](COC(=O)CCCCCCCCCC)OC(=O)CCCCCCCCC(C)C. The van der Waals surface area contributed by atoms with E-state index in [-0.39, 0.29) is 25.7 Å². The number of hydrogen-bond acceptors (Lipinski definition) is 15. The third-order valence-corrected chi connectivity index (χ3v) is 17.4. The topological polar surface area (TPSA) is 237 Å². The van der Waals surface area contributed by atoms with Gasteiger partial charge in [-0.1, -0.05) is 291 Å². The molecule has 0 aromatic carbocycles. The van der Waals surface area contributed by atoms with E-state index in [1.807, 2.05) is 0 Å². The number of unbranched alkanes of at least 4 members (excludes halogenated alkanes) is 39. The van der Waals surface area contributed by atoms with E-state index in [9.17, 15) is 43.2 Å². The first-order valence-electron chi connectivity index (χ1n) is 35.1. The number of carbonyl (C=O) groups is 4. The molecule has 3 N–H and O–H groups in total. The number of ether oxygens (including phenoxy) is 4. The first kappa shape index (κ1) is 84.1. The Morgan fingerprint density at radius 1 is 0.314 bits per heavy atom. The van der Waals surface area contributed by atoms with Crippen molar-refractivity contribution < 1.29 is 80.2 Å². The minimum Gasteiger partial charge on any atom is -0.462 e. The molecule has 19 heteroatoms. The van der Waals surface area contributed by atoms with Gasteiger partial charge in [0.05, 0.1) is 26.4 Å². The van der Waals surface area contributed by atoms with Gasteiger partial charge in [0.15, 0.2) is 12.2 Å². The number of rotatable bonds is 67. The summed E-state index contributed by atoms with van der Waals surface area (Å²) in [5.74, 6) is -1.46. The zero-order valence-corrected chi connectivity index (χ0v) is 57.2. The average molecular weight is 1270 g/mol. The third kappa shape index (κ3) is 60.9. The first-order chi connectivity index (χ1) is 41.5. The normalized spacial score (nSPS) is 14.2. The van der Waals surface area contributed by atoms with E-state index in [1.54, 1.807) is 0 Å². The predicted octanol–water partition coefficient (Wildman–Crippen LogP) is 19.0. The summed E-state index contributed by atoms with van der Waals surface area (Å²) >= 11 is 0. The van der Waals surface area contributed by atoms with Crippen LogP contribution in [-0.4, -0.2) is 96.7 Å². The molecule has 0 aliphatic rings. The molecule has 0 radical (unpaired) electrons. The summed E-state index contributed by atoms with van der Waals surface area (Å²) in [5, 5.41) is 10.5. The highest BCUT2D eigenvalue weighted by Gasteiger charge is 2.30. The van der Waals surface area contributed by atoms with Crippen LogP contribution in [0.1, 0.15) is 343 Å². The van der Waals surface area contributed by atoms with Crippen LogP contribution in [-0.2, 0) is 65.4 Å². The van der Waals surface area contributed by atoms with Crippen LogP contribution in [0.15, 0.2) is 0 Å². The van der Waals surface area contributed by atoms with E-state index in [2.05, 4.69) is 34.6 Å². The van der Waals surface area contributed by atoms with Gasteiger partial charge >= 0.3 is 39.5 Å². The number of aliphatic hydroxyl groups excluding tert-OH is 1. The summed E-state index contributed by atoms with van der Waals surface area (Å²) in [4.78, 5) is 72.3. The maximum absolute atomic E-state index is 13.0. The first-order valence-corrected chi connectivity index (χ1v) is 38.1. The molecular weight excluding hydrogens is 1140 g/mol. The Balaban J connectivity index is 5.21. The van der Waals surface area contributed by atoms with E-state index in [4.69, 9.17) is 37.0 Å². The Morgan fingerprint density at radius 3 is 0.791 bits per heavy atom. The average Bonchev–Trinajstić information content (AvgIpc) is 3.48. The van der Waals surface area contributed by atoms with Crippen LogP contribution in [0, 0.1) is 5.92 Å². The van der Waals surface area contributed by atoms with Crippen molar-refractivity contribution >= 4 is 39.5 Å². The lowest BCUT2D eigenvalue weighted by atomic mass is 10.0. The van der Waals surface area contributed by atoms with E-state index in [0.29, 0.717) is 31.6 Å². The highest BCUT2D eigenvalue weighted by atomic mass is 31.2. The highest BCUT2D eigenvalue weighted by Crippen LogP contribution is 2.45. The maximum atomic E-state index is 13.0. The van der Waals surface area contributed by atoms with Crippen molar-refractivity contribution in [2.45, 2.75) is 361 Å². The molecule has 0 aromatic heterocycles. The molecule has 510 valence electrons. The van der Waals surface area contributed by atoms with Crippen molar-refractivity contribution in [1.29, 1.82) is 0 Å². The van der Waals surface area contributed by atoms with Crippen molar-refractivity contribution in [2.24, 2.45) is 5.92 Å². The molecule has 0 fully saturated rings. The number of phosphoric acid groups is 2. The second-order valence-corrected chi connectivity index (χ2v) is 27.6. The monoisotopic (exact) mass is 1270 g/mol. The fourth-order valence-corrected chi connectivity index (χ4v) is 11.7. The Labute approximate surface area is 524 Å². The molecular formula is C67H130O17P2. The van der Waals surface area contributed by atoms with Gasteiger partial charge in [-0.3, -0.25) is 37.3 Å². The lowest BCUT2D eigenvalue weighted by Crippen LogP contribution is -2.30. The Bertz CT molecular complexity index is 1670. The summed E-state index contributed by atoms with van der Waals surface area (Å²) in [7, 11) is -9.89. The van der Waals surface area contributed by atoms with E-state index in [1.165, 1.54) is 161 Å². The van der Waals surface area contributed by atoms with Crippen LogP contribution in [0.4, 0.5) is 0 Å². The second kappa shape index (κ2) is 60.6. The summed E-state index contributed by atoms with van der Waals surface area (Å²) in [5.41, 5.74) is 0. The molecule has 0 aliphatic carbocycles. The fourth-order valence-electron chi connectivity index (χ4n) is 10.1. The van der Waals surface area contributed by atoms with E-state index in [0.717, 1.165) is 96.3 Å². The molecule has 5 atom stereocenters. The van der Waals surface area contributed by atoms with Crippen molar-refractivity contribution in [3.63, 3.8) is 0 Å². The zero-order valence-electron chi connectivity index (χ0n) is 55.4. The number of hydrogen-bond donors (Lipinski definition) is 3. The largest absolute Gasteiger partial charge is 0.472 e. The molecule has 86 heavy (non-hydrogen) atoms. The molecule has 0 heterocycles. The van der Waals surface area contributed by atoms with Crippen LogP contribution in [0.5, 0.6) is 0 Å². The molecule has 2 unspecified atom stereocenters. The number of carbonyl (C=O) groups excluding carboxylic acids is 4. The smallest absolute Gasteiger partial charge is 0.462 e. The van der Waals surface area contributed by atoms with Gasteiger partial charge in [-0.05, 0) is 31.6 Å². The van der Waals surface area contributed by atoms with Gasteiger partial charge in [0.2, 0.25) is 0 Å². The Morgan fingerprint density at radius 2 is 0.535 bits per heavy atom. The van der Waals surface area contributed by atoms with Crippen LogP contribution >= 0.6 is 15.6 Å². The molecule has 0 saturated carbocycles. The molecule has 0 spiro atoms. The maximum Gasteiger partial charge on any atom is 0.472 e. The minimum atomic E-state index is -4.95. The van der Waals surface area contributed by atoms with Crippen molar-refractivity contribution in [2.75, 3.05) is 39.6 Å². The van der Waals surface area contributed by atoms with Gasteiger partial charge in [-0.25, -0.2) is 9.13 Å². The summed E-state index contributed by atoms with van der Waals surface area (Å²) in [6.45, 7) is 7.11. The predicted molar refractivity (Wildman–Crippen MR) is 345 cm³/mol. The van der Waals surface area contributed by atoms with Crippen LogP contribution < -0.4 is 0 Å². The van der Waals surface area contributed by atoms with E-state index < -0.39 is 97.5 Å². The summed E-state index contributed by atoms with van der Waals surface area (Å²) < 4.78 is 68.1. The molecule has 0 rings (SSSR count). The molecule has 17 nitrogen and oxygen atoms in total. The van der Waals surface area contributed by atoms with Crippen LogP contribution in [0.2, 0.25) is 0 Å². The lowest BCUT2D eigenvalue weighted by Gasteiger charge is -2.21. The molecule has 0 aliphatic heterocycles. The number of phosphoric ester groups is 2. The number of esters is 4. The standard InChI is InChI=1S/C67H130O17P2/c1-6-9-12-15-18-21-23-25-26-27-29-31-33-36-42-47-52-66(71)83-62(56-78-65(70)51-46-41-35-32-30-28-24-22-19-16-13-10-7-2)58-81-85(73,74)79-54-61(68)55-80-86(75,76)82-59-63(57-77-64(69)50-45-40-34-20-17-14-11-8-3)84-67(72)53-48-43-38-37-39-44-49-60(4)5/h60-63,68H,6-59H2,1-5H3,(H,73,74)(H,75,76)/t61-,62-,63-/m1/s1. The lowest BCUT2D eigenvalue weighted by molar-refractivity contribution is -0.161. The Kier molecular flexibility index (Phi) is 59.2. The van der Waals surface area contributed by atoms with Gasteiger partial charge in [0, 0.05) is 25.7 Å². The van der Waals surface area contributed by atoms with Gasteiger partial charge in [0.25, 0.3) is 0 Å². The summed E-state index contributed by atoms with van der Waals surface area (Å²) in [6, 6.07) is 0. The number of aliphatic hydroxyl groups is 1. The highest BCUT2D eigenvalue weighted by molar-refractivity contribution is 7.47. The van der Waals surface area contributed by atoms with Gasteiger partial charge < -0.3 is 33.8 Å². The minimum absolute atomic E-state index is 0.102. The van der Waals surface area contributed by atoms with Crippen molar-refractivity contribution in [3.05, 3.63) is 0 Å².